The van der Waals surface area contributed by atoms with Gasteiger partial charge in [-0.25, -0.2) is 4.98 Å². The number of hydrogen-bond donors (Lipinski definition) is 0. The van der Waals surface area contributed by atoms with Crippen LogP contribution in [0.4, 0.5) is 0 Å². The quantitative estimate of drug-likeness (QED) is 0.566. The molecule has 0 unspecified atom stereocenters. The van der Waals surface area contributed by atoms with Gasteiger partial charge in [0, 0.05) is 17.8 Å². The van der Waals surface area contributed by atoms with Crippen LogP contribution in [0.15, 0.2) is 67.3 Å². The van der Waals surface area contributed by atoms with Gasteiger partial charge in [-0.15, -0.1) is 0 Å². The van der Waals surface area contributed by atoms with Gasteiger partial charge in [-0.2, -0.15) is 4.37 Å². The van der Waals surface area contributed by atoms with Gasteiger partial charge >= 0.3 is 0 Å². The summed E-state index contributed by atoms with van der Waals surface area (Å²) in [6, 6.07) is 17.0. The zero-order valence-electron chi connectivity index (χ0n) is 11.3. The Bertz CT molecular complexity index is 864. The van der Waals surface area contributed by atoms with Gasteiger partial charge in [0.1, 0.15) is 0 Å². The van der Waals surface area contributed by atoms with Gasteiger partial charge in [0.15, 0.2) is 0 Å². The fourth-order valence-electron chi connectivity index (χ4n) is 2.47. The van der Waals surface area contributed by atoms with Crippen LogP contribution in [0.2, 0.25) is 0 Å². The average Bonchev–Trinajstić information content (AvgIpc) is 3.19. The van der Waals surface area contributed by atoms with Crippen LogP contribution in [0.25, 0.3) is 21.2 Å². The zero-order valence-corrected chi connectivity index (χ0v) is 12.1. The highest BCUT2D eigenvalue weighted by Crippen LogP contribution is 2.29. The van der Waals surface area contributed by atoms with Gasteiger partial charge in [-0.1, -0.05) is 36.4 Å². The number of imidazole rings is 1. The summed E-state index contributed by atoms with van der Waals surface area (Å²) in [7, 11) is 0. The largest absolute Gasteiger partial charge is 0.331 e. The molecule has 0 aliphatic rings. The summed E-state index contributed by atoms with van der Waals surface area (Å²) in [6.45, 7) is 0.762. The van der Waals surface area contributed by atoms with Gasteiger partial charge in [0.25, 0.3) is 0 Å². The lowest BCUT2D eigenvalue weighted by Gasteiger charge is -2.03. The second-order valence-electron chi connectivity index (χ2n) is 4.94. The molecule has 0 amide bonds. The third kappa shape index (κ3) is 2.34. The van der Waals surface area contributed by atoms with Crippen molar-refractivity contribution in [1.29, 1.82) is 0 Å². The third-order valence-corrected chi connectivity index (χ3v) is 4.41. The smallest absolute Gasteiger partial charge is 0.0949 e. The number of rotatable bonds is 3. The van der Waals surface area contributed by atoms with Crippen LogP contribution in [-0.4, -0.2) is 13.9 Å². The summed E-state index contributed by atoms with van der Waals surface area (Å²) >= 11 is 1.56. The maximum atomic E-state index is 4.60. The second-order valence-corrected chi connectivity index (χ2v) is 5.75. The Morgan fingerprint density at radius 3 is 2.71 bits per heavy atom. The Morgan fingerprint density at radius 2 is 1.90 bits per heavy atom. The molecular formula is C17H13N3S. The lowest BCUT2D eigenvalue weighted by molar-refractivity contribution is 0.788. The molecule has 0 aliphatic carbocycles. The summed E-state index contributed by atoms with van der Waals surface area (Å²) in [5, 5.41) is 1.23. The van der Waals surface area contributed by atoms with Crippen LogP contribution in [0, 0.1) is 0 Å². The van der Waals surface area contributed by atoms with E-state index in [-0.39, 0.29) is 0 Å². The van der Waals surface area contributed by atoms with Crippen LogP contribution in [0.5, 0.6) is 0 Å². The summed E-state index contributed by atoms with van der Waals surface area (Å²) in [5.41, 5.74) is 3.57. The molecule has 4 heteroatoms. The van der Waals surface area contributed by atoms with E-state index in [4.69, 9.17) is 0 Å². The van der Waals surface area contributed by atoms with E-state index in [1.807, 2.05) is 23.2 Å². The van der Waals surface area contributed by atoms with Crippen LogP contribution in [0.3, 0.4) is 0 Å². The number of nitrogens with zero attached hydrogens (tertiary/aromatic N) is 3. The molecule has 4 aromatic rings. The standard InChI is InChI=1S/C17H13N3S/c1-2-4-13(5-3-1)14-6-7-17-15(10-14)16(19-21-17)11-20-9-8-18-12-20/h1-10,12H,11H2. The van der Waals surface area contributed by atoms with Crippen molar-refractivity contribution in [3.05, 3.63) is 72.9 Å². The fourth-order valence-corrected chi connectivity index (χ4v) is 3.23. The van der Waals surface area contributed by atoms with E-state index < -0.39 is 0 Å². The summed E-state index contributed by atoms with van der Waals surface area (Å²) in [6.07, 6.45) is 5.59. The van der Waals surface area contributed by atoms with Gasteiger partial charge in [0.05, 0.1) is 23.3 Å². The SMILES string of the molecule is c1ccc(-c2ccc3snc(Cn4ccnc4)c3c2)cc1. The van der Waals surface area contributed by atoms with Crippen LogP contribution in [0.1, 0.15) is 5.69 Å². The van der Waals surface area contributed by atoms with Gasteiger partial charge in [-0.05, 0) is 34.8 Å². The lowest BCUT2D eigenvalue weighted by atomic mass is 10.0. The van der Waals surface area contributed by atoms with Crippen molar-refractivity contribution in [1.82, 2.24) is 13.9 Å². The van der Waals surface area contributed by atoms with Crippen molar-refractivity contribution in [3.63, 3.8) is 0 Å². The molecule has 0 N–H and O–H groups in total. The number of aromatic nitrogens is 3. The number of fused-ring (bicyclic) bond motifs is 1. The van der Waals surface area contributed by atoms with Crippen molar-refractivity contribution in [2.24, 2.45) is 0 Å². The molecule has 2 heterocycles. The summed E-state index contributed by atoms with van der Waals surface area (Å²) < 4.78 is 7.87. The van der Waals surface area contributed by atoms with Gasteiger partial charge in [-0.3, -0.25) is 0 Å². The van der Waals surface area contributed by atoms with E-state index in [2.05, 4.69) is 51.8 Å². The Kier molecular flexibility index (Phi) is 3.01. The molecule has 0 radical (unpaired) electrons. The maximum absolute atomic E-state index is 4.60. The van der Waals surface area contributed by atoms with Gasteiger partial charge in [0.2, 0.25) is 0 Å². The Hall–Kier alpha value is -2.46. The third-order valence-electron chi connectivity index (χ3n) is 3.54. The first-order chi connectivity index (χ1) is 10.4. The summed E-state index contributed by atoms with van der Waals surface area (Å²) in [4.78, 5) is 4.09. The van der Waals surface area contributed by atoms with Crippen molar-refractivity contribution in [3.8, 4) is 11.1 Å². The first-order valence-corrected chi connectivity index (χ1v) is 7.57. The van der Waals surface area contributed by atoms with E-state index >= 15 is 0 Å². The Balaban J connectivity index is 1.79. The highest BCUT2D eigenvalue weighted by molar-refractivity contribution is 7.13. The molecular weight excluding hydrogens is 278 g/mol. The molecule has 0 saturated heterocycles. The van der Waals surface area contributed by atoms with Crippen molar-refractivity contribution < 1.29 is 0 Å². The summed E-state index contributed by atoms with van der Waals surface area (Å²) in [5.74, 6) is 0. The maximum Gasteiger partial charge on any atom is 0.0949 e. The van der Waals surface area contributed by atoms with E-state index in [1.165, 1.54) is 21.2 Å². The number of hydrogen-bond acceptors (Lipinski definition) is 3. The van der Waals surface area contributed by atoms with Crippen molar-refractivity contribution in [2.75, 3.05) is 0 Å². The van der Waals surface area contributed by atoms with E-state index in [9.17, 15) is 0 Å². The Morgan fingerprint density at radius 1 is 1.00 bits per heavy atom. The molecule has 0 fully saturated rings. The molecule has 2 aromatic carbocycles. The van der Waals surface area contributed by atoms with E-state index in [1.54, 1.807) is 17.7 Å². The second kappa shape index (κ2) is 5.14. The van der Waals surface area contributed by atoms with Crippen LogP contribution < -0.4 is 0 Å². The first kappa shape index (κ1) is 12.3. The zero-order chi connectivity index (χ0) is 14.1. The molecule has 0 atom stereocenters. The van der Waals surface area contributed by atoms with Gasteiger partial charge < -0.3 is 4.57 Å². The molecule has 0 spiro atoms. The fraction of sp³-hybridized carbons (Fsp3) is 0.0588. The molecule has 0 bridgehead atoms. The monoisotopic (exact) mass is 291 g/mol. The van der Waals surface area contributed by atoms with Crippen molar-refractivity contribution in [2.45, 2.75) is 6.54 Å². The minimum absolute atomic E-state index is 0.762. The Labute approximate surface area is 126 Å². The molecule has 102 valence electrons. The molecule has 2 aromatic heterocycles. The first-order valence-electron chi connectivity index (χ1n) is 6.79. The highest BCUT2D eigenvalue weighted by atomic mass is 32.1. The normalized spacial score (nSPS) is 11.0. The van der Waals surface area contributed by atoms with E-state index in [0.29, 0.717) is 0 Å². The molecule has 0 saturated carbocycles. The van der Waals surface area contributed by atoms with Crippen LogP contribution in [-0.2, 0) is 6.54 Å². The molecule has 0 aliphatic heterocycles. The van der Waals surface area contributed by atoms with Crippen molar-refractivity contribution >= 4 is 21.6 Å². The highest BCUT2D eigenvalue weighted by Gasteiger charge is 2.08. The molecule has 4 rings (SSSR count). The lowest BCUT2D eigenvalue weighted by Crippen LogP contribution is -1.96. The molecule has 21 heavy (non-hydrogen) atoms. The topological polar surface area (TPSA) is 30.7 Å². The predicted molar refractivity (Wildman–Crippen MR) is 86.4 cm³/mol. The average molecular weight is 291 g/mol. The minimum atomic E-state index is 0.762. The van der Waals surface area contributed by atoms with Crippen LogP contribution >= 0.6 is 11.5 Å². The number of benzene rings is 2. The van der Waals surface area contributed by atoms with E-state index in [0.717, 1.165) is 12.2 Å². The molecule has 3 nitrogen and oxygen atoms in total. The predicted octanol–water partition coefficient (Wildman–Crippen LogP) is 4.21. The minimum Gasteiger partial charge on any atom is -0.331 e.